The van der Waals surface area contributed by atoms with Crippen LogP contribution in [0, 0.1) is 0 Å². The summed E-state index contributed by atoms with van der Waals surface area (Å²) in [5.74, 6) is 1.66. The van der Waals surface area contributed by atoms with Crippen molar-refractivity contribution in [1.29, 1.82) is 0 Å². The highest BCUT2D eigenvalue weighted by atomic mass is 16.6. The van der Waals surface area contributed by atoms with Crippen LogP contribution in [0.3, 0.4) is 0 Å². The number of nitrogens with zero attached hydrogens (tertiary/aromatic N) is 2. The number of benzene rings is 10. The molecule has 4 aliphatic heterocycles. The first kappa shape index (κ1) is 44.2. The Kier molecular flexibility index (Phi) is 13.6. The molecule has 0 radical (unpaired) electrons. The molecule has 0 amide bonds. The molecule has 0 saturated carbocycles. The van der Waals surface area contributed by atoms with Gasteiger partial charge in [0.25, 0.3) is 0 Å². The van der Waals surface area contributed by atoms with E-state index in [1.807, 2.05) is 0 Å². The molecule has 14 rings (SSSR count). The van der Waals surface area contributed by atoms with Crippen LogP contribution >= 0.6 is 0 Å². The third-order valence-corrected chi connectivity index (χ3v) is 13.5. The predicted molar refractivity (Wildman–Crippen MR) is 276 cm³/mol. The van der Waals surface area contributed by atoms with Crippen LogP contribution < -0.4 is 9.47 Å². The van der Waals surface area contributed by atoms with Crippen LogP contribution in [-0.4, -0.2) is 89.0 Å². The quantitative estimate of drug-likeness (QED) is 0.162. The molecule has 0 unspecified atom stereocenters. The molecule has 10 aromatic rings. The highest BCUT2D eigenvalue weighted by molar-refractivity contribution is 6.24. The third kappa shape index (κ3) is 9.94. The van der Waals surface area contributed by atoms with E-state index in [0.717, 1.165) is 50.8 Å². The van der Waals surface area contributed by atoms with E-state index < -0.39 is 0 Å². The Morgan fingerprint density at radius 1 is 0.309 bits per heavy atom. The van der Waals surface area contributed by atoms with Gasteiger partial charge in [0.2, 0.25) is 0 Å². The van der Waals surface area contributed by atoms with E-state index in [-0.39, 0.29) is 0 Å². The van der Waals surface area contributed by atoms with E-state index in [1.165, 1.54) is 86.9 Å². The van der Waals surface area contributed by atoms with Gasteiger partial charge in [0.15, 0.2) is 0 Å². The molecule has 0 atom stereocenters. The van der Waals surface area contributed by atoms with E-state index in [4.69, 9.17) is 28.4 Å². The SMILES string of the molecule is c1cc2ccc3ccc(CN4CCOCCOCCN(Cc5ccc6ccc7cccc8ccc5c6c78)Cc5ccc(cc5)OCCOCCOCCOc5ccc(cc5)C4)c4ccc(c1)c2c34. The standard InChI is InChI=1S/C60H58N2O6/c1-3-45-11-13-49-15-17-51(55-25-19-47(5-1)57(45)59(49)55)41-61-27-29-63-31-32-64-30-28-62(42-52-18-16-50-14-12-46-4-2-6-48-20-26-56(52)60(50)58(46)48)40-44-9-23-54(24-10-44)68-38-36-66-34-33-65-35-37-67-53-21-7-43(39-61)8-22-53/h1-26H,27-42H2. The molecule has 8 nitrogen and oxygen atoms in total. The molecule has 0 aromatic heterocycles. The van der Waals surface area contributed by atoms with Crippen molar-refractivity contribution in [2.45, 2.75) is 26.2 Å². The lowest BCUT2D eigenvalue weighted by molar-refractivity contribution is 0.0273. The van der Waals surface area contributed by atoms with E-state index in [2.05, 4.69) is 168 Å². The largest absolute Gasteiger partial charge is 0.491 e. The van der Waals surface area contributed by atoms with Gasteiger partial charge < -0.3 is 28.4 Å². The zero-order valence-corrected chi connectivity index (χ0v) is 38.7. The second kappa shape index (κ2) is 20.9. The maximum atomic E-state index is 6.32. The highest BCUT2D eigenvalue weighted by Crippen LogP contribution is 2.38. The molecule has 68 heavy (non-hydrogen) atoms. The molecule has 8 heteroatoms. The van der Waals surface area contributed by atoms with Crippen molar-refractivity contribution < 1.29 is 28.4 Å². The van der Waals surface area contributed by atoms with Crippen LogP contribution in [-0.2, 0) is 45.1 Å². The minimum absolute atomic E-state index is 0.470. The Balaban J connectivity index is 0.788. The van der Waals surface area contributed by atoms with Gasteiger partial charge in [-0.25, -0.2) is 0 Å². The molecule has 344 valence electrons. The van der Waals surface area contributed by atoms with Crippen molar-refractivity contribution >= 4 is 64.6 Å². The van der Waals surface area contributed by atoms with Crippen molar-refractivity contribution in [3.8, 4) is 11.5 Å². The van der Waals surface area contributed by atoms with E-state index >= 15 is 0 Å². The first-order valence-corrected chi connectivity index (χ1v) is 24.2. The summed E-state index contributed by atoms with van der Waals surface area (Å²) in [6.07, 6.45) is 0. The lowest BCUT2D eigenvalue weighted by atomic mass is 9.92. The fourth-order valence-corrected chi connectivity index (χ4v) is 10.1. The molecule has 4 bridgehead atoms. The summed E-state index contributed by atoms with van der Waals surface area (Å²) in [5.41, 5.74) is 5.07. The minimum atomic E-state index is 0.470. The van der Waals surface area contributed by atoms with Crippen molar-refractivity contribution in [3.63, 3.8) is 0 Å². The number of ether oxygens (including phenoxy) is 6. The van der Waals surface area contributed by atoms with Gasteiger partial charge in [-0.2, -0.15) is 0 Å². The first-order valence-electron chi connectivity index (χ1n) is 24.2. The van der Waals surface area contributed by atoms with Gasteiger partial charge in [-0.1, -0.05) is 133 Å². The number of hydrogen-bond acceptors (Lipinski definition) is 8. The summed E-state index contributed by atoms with van der Waals surface area (Å²) in [4.78, 5) is 4.99. The average molecular weight is 903 g/mol. The van der Waals surface area contributed by atoms with E-state index in [1.54, 1.807) is 0 Å². The molecule has 4 aliphatic rings. The second-order valence-electron chi connectivity index (χ2n) is 18.0. The molecule has 0 spiro atoms. The number of rotatable bonds is 4. The number of hydrogen-bond donors (Lipinski definition) is 0. The molecular formula is C60H58N2O6. The Bertz CT molecular complexity index is 2980. The summed E-state index contributed by atoms with van der Waals surface area (Å²) in [5, 5.41) is 15.7. The third-order valence-electron chi connectivity index (χ3n) is 13.5. The summed E-state index contributed by atoms with van der Waals surface area (Å²) in [6, 6.07) is 57.4. The fraction of sp³-hybridized carbons (Fsp3) is 0.267. The molecule has 10 aromatic carbocycles. The van der Waals surface area contributed by atoms with E-state index in [9.17, 15) is 0 Å². The Labute approximate surface area is 398 Å². The van der Waals surface area contributed by atoms with Gasteiger partial charge in [0.05, 0.1) is 52.9 Å². The average Bonchev–Trinajstić information content (AvgIpc) is 3.37. The smallest absolute Gasteiger partial charge is 0.119 e. The maximum absolute atomic E-state index is 6.32. The summed E-state index contributed by atoms with van der Waals surface area (Å²) >= 11 is 0. The lowest BCUT2D eigenvalue weighted by Gasteiger charge is -2.25. The van der Waals surface area contributed by atoms with Gasteiger partial charge in [-0.15, -0.1) is 0 Å². The molecule has 4 heterocycles. The van der Waals surface area contributed by atoms with Crippen LogP contribution in [0.15, 0.2) is 158 Å². The Morgan fingerprint density at radius 2 is 0.647 bits per heavy atom. The van der Waals surface area contributed by atoms with Gasteiger partial charge in [0.1, 0.15) is 24.7 Å². The molecule has 0 fully saturated rings. The van der Waals surface area contributed by atoms with Crippen molar-refractivity contribution in [1.82, 2.24) is 9.80 Å². The minimum Gasteiger partial charge on any atom is -0.491 e. The summed E-state index contributed by atoms with van der Waals surface area (Å²) in [6.45, 7) is 9.88. The van der Waals surface area contributed by atoms with Crippen molar-refractivity contribution in [2.75, 3.05) is 79.2 Å². The van der Waals surface area contributed by atoms with Crippen molar-refractivity contribution in [3.05, 3.63) is 180 Å². The Morgan fingerprint density at radius 3 is 1.06 bits per heavy atom. The predicted octanol–water partition coefficient (Wildman–Crippen LogP) is 12.0. The van der Waals surface area contributed by atoms with Crippen LogP contribution in [0.1, 0.15) is 22.3 Å². The second-order valence-corrected chi connectivity index (χ2v) is 18.0. The maximum Gasteiger partial charge on any atom is 0.119 e. The van der Waals surface area contributed by atoms with Crippen LogP contribution in [0.4, 0.5) is 0 Å². The first-order chi connectivity index (χ1) is 33.7. The summed E-state index contributed by atoms with van der Waals surface area (Å²) < 4.78 is 36.3. The van der Waals surface area contributed by atoms with Gasteiger partial charge in [-0.3, -0.25) is 9.80 Å². The van der Waals surface area contributed by atoms with E-state index in [0.29, 0.717) is 66.1 Å². The monoisotopic (exact) mass is 902 g/mol. The Hall–Kier alpha value is -6.36. The molecule has 0 N–H and O–H groups in total. The van der Waals surface area contributed by atoms with Gasteiger partial charge >= 0.3 is 0 Å². The summed E-state index contributed by atoms with van der Waals surface area (Å²) in [7, 11) is 0. The van der Waals surface area contributed by atoms with Crippen molar-refractivity contribution in [2.24, 2.45) is 0 Å². The normalized spacial score (nSPS) is 16.6. The lowest BCUT2D eigenvalue weighted by Crippen LogP contribution is -2.28. The van der Waals surface area contributed by atoms with Crippen LogP contribution in [0.25, 0.3) is 64.6 Å². The van der Waals surface area contributed by atoms with Gasteiger partial charge in [-0.05, 0) is 111 Å². The zero-order chi connectivity index (χ0) is 45.5. The molecule has 0 saturated heterocycles. The molecular weight excluding hydrogens is 845 g/mol. The van der Waals surface area contributed by atoms with Gasteiger partial charge in [0, 0.05) is 39.3 Å². The van der Waals surface area contributed by atoms with Crippen LogP contribution in [0.5, 0.6) is 11.5 Å². The highest BCUT2D eigenvalue weighted by Gasteiger charge is 2.17. The zero-order valence-electron chi connectivity index (χ0n) is 38.7. The topological polar surface area (TPSA) is 61.9 Å². The molecule has 0 aliphatic carbocycles. The van der Waals surface area contributed by atoms with Crippen LogP contribution in [0.2, 0.25) is 0 Å². The fourth-order valence-electron chi connectivity index (χ4n) is 10.1.